The number of nitrogens with zero attached hydrogens (tertiary/aromatic N) is 2. The molecule has 1 saturated heterocycles. The molecule has 0 spiro atoms. The number of fused-ring (bicyclic) bond motifs is 1. The molecule has 0 radical (unpaired) electrons. The van der Waals surface area contributed by atoms with Crippen molar-refractivity contribution in [1.82, 2.24) is 4.98 Å². The van der Waals surface area contributed by atoms with E-state index in [1.165, 1.54) is 5.56 Å². The third-order valence-electron chi connectivity index (χ3n) is 3.51. The molecular formula is C15H18N2O2. The fraction of sp³-hybridized carbons (Fsp3) is 0.400. The SMILES string of the molecule is Cc1ccc2nc(N3CCOCC3)c(CO)cc2c1. The van der Waals surface area contributed by atoms with Crippen LogP contribution in [-0.2, 0) is 11.3 Å². The molecule has 2 aromatic rings. The Morgan fingerprint density at radius 1 is 1.26 bits per heavy atom. The first-order valence-corrected chi connectivity index (χ1v) is 6.62. The van der Waals surface area contributed by atoms with Crippen molar-refractivity contribution < 1.29 is 9.84 Å². The summed E-state index contributed by atoms with van der Waals surface area (Å²) in [6.45, 7) is 5.18. The Morgan fingerprint density at radius 3 is 2.79 bits per heavy atom. The smallest absolute Gasteiger partial charge is 0.134 e. The summed E-state index contributed by atoms with van der Waals surface area (Å²) in [4.78, 5) is 6.91. The second-order valence-electron chi connectivity index (χ2n) is 4.92. The Labute approximate surface area is 112 Å². The van der Waals surface area contributed by atoms with E-state index in [-0.39, 0.29) is 6.61 Å². The van der Waals surface area contributed by atoms with Crippen molar-refractivity contribution in [3.63, 3.8) is 0 Å². The number of hydrogen-bond donors (Lipinski definition) is 1. The highest BCUT2D eigenvalue weighted by molar-refractivity contribution is 5.82. The Bertz CT molecular complexity index is 592. The van der Waals surface area contributed by atoms with Gasteiger partial charge in [0.1, 0.15) is 5.82 Å². The molecule has 1 fully saturated rings. The molecule has 2 heterocycles. The van der Waals surface area contributed by atoms with Gasteiger partial charge in [-0.25, -0.2) is 4.98 Å². The minimum absolute atomic E-state index is 0.0174. The van der Waals surface area contributed by atoms with E-state index in [0.717, 1.165) is 48.6 Å². The largest absolute Gasteiger partial charge is 0.392 e. The van der Waals surface area contributed by atoms with Gasteiger partial charge >= 0.3 is 0 Å². The highest BCUT2D eigenvalue weighted by Crippen LogP contribution is 2.25. The number of anilines is 1. The van der Waals surface area contributed by atoms with Crippen LogP contribution in [0.3, 0.4) is 0 Å². The van der Waals surface area contributed by atoms with E-state index >= 15 is 0 Å². The minimum atomic E-state index is 0.0174. The summed E-state index contributed by atoms with van der Waals surface area (Å²) in [5, 5.41) is 10.7. The second kappa shape index (κ2) is 5.15. The third-order valence-corrected chi connectivity index (χ3v) is 3.51. The van der Waals surface area contributed by atoms with Crippen LogP contribution in [0.5, 0.6) is 0 Å². The zero-order valence-electron chi connectivity index (χ0n) is 11.1. The lowest BCUT2D eigenvalue weighted by Crippen LogP contribution is -2.37. The van der Waals surface area contributed by atoms with Gasteiger partial charge in [-0.15, -0.1) is 0 Å². The molecule has 0 bridgehead atoms. The molecule has 3 rings (SSSR count). The molecule has 1 N–H and O–H groups in total. The van der Waals surface area contributed by atoms with Gasteiger partial charge in [0.2, 0.25) is 0 Å². The van der Waals surface area contributed by atoms with Crippen molar-refractivity contribution in [3.05, 3.63) is 35.4 Å². The number of rotatable bonds is 2. The van der Waals surface area contributed by atoms with Gasteiger partial charge in [-0.05, 0) is 25.1 Å². The van der Waals surface area contributed by atoms with E-state index in [9.17, 15) is 5.11 Å². The number of aliphatic hydroxyl groups is 1. The predicted molar refractivity (Wildman–Crippen MR) is 75.4 cm³/mol. The fourth-order valence-corrected chi connectivity index (χ4v) is 2.49. The highest BCUT2D eigenvalue weighted by atomic mass is 16.5. The quantitative estimate of drug-likeness (QED) is 0.893. The Morgan fingerprint density at radius 2 is 2.05 bits per heavy atom. The lowest BCUT2D eigenvalue weighted by atomic mass is 10.1. The van der Waals surface area contributed by atoms with Gasteiger partial charge in [0.05, 0.1) is 25.3 Å². The van der Waals surface area contributed by atoms with Crippen molar-refractivity contribution in [2.75, 3.05) is 31.2 Å². The molecule has 19 heavy (non-hydrogen) atoms. The Balaban J connectivity index is 2.09. The van der Waals surface area contributed by atoms with Crippen LogP contribution in [0.1, 0.15) is 11.1 Å². The summed E-state index contributed by atoms with van der Waals surface area (Å²) >= 11 is 0. The topological polar surface area (TPSA) is 45.6 Å². The molecule has 0 aliphatic carbocycles. The highest BCUT2D eigenvalue weighted by Gasteiger charge is 2.16. The molecule has 4 heteroatoms. The van der Waals surface area contributed by atoms with Crippen molar-refractivity contribution in [1.29, 1.82) is 0 Å². The first-order chi connectivity index (χ1) is 9.28. The molecule has 1 aliphatic heterocycles. The van der Waals surface area contributed by atoms with Crippen molar-refractivity contribution in [2.45, 2.75) is 13.5 Å². The average molecular weight is 258 g/mol. The van der Waals surface area contributed by atoms with Gasteiger partial charge in [0.15, 0.2) is 0 Å². The van der Waals surface area contributed by atoms with E-state index in [2.05, 4.69) is 24.0 Å². The number of aryl methyl sites for hydroxylation is 1. The zero-order chi connectivity index (χ0) is 13.2. The molecule has 1 aromatic heterocycles. The Kier molecular flexibility index (Phi) is 3.36. The molecular weight excluding hydrogens is 240 g/mol. The van der Waals surface area contributed by atoms with Crippen LogP contribution >= 0.6 is 0 Å². The van der Waals surface area contributed by atoms with E-state index in [0.29, 0.717) is 0 Å². The molecule has 0 atom stereocenters. The molecule has 0 amide bonds. The molecule has 0 unspecified atom stereocenters. The number of aromatic nitrogens is 1. The van der Waals surface area contributed by atoms with Crippen molar-refractivity contribution in [3.8, 4) is 0 Å². The number of benzene rings is 1. The van der Waals surface area contributed by atoms with Gasteiger partial charge in [0.25, 0.3) is 0 Å². The van der Waals surface area contributed by atoms with Crippen LogP contribution < -0.4 is 4.90 Å². The molecule has 1 aromatic carbocycles. The van der Waals surface area contributed by atoms with Gasteiger partial charge < -0.3 is 14.7 Å². The summed E-state index contributed by atoms with van der Waals surface area (Å²) in [7, 11) is 0. The minimum Gasteiger partial charge on any atom is -0.392 e. The fourth-order valence-electron chi connectivity index (χ4n) is 2.49. The van der Waals surface area contributed by atoms with Gasteiger partial charge in [-0.1, -0.05) is 11.6 Å². The molecule has 100 valence electrons. The maximum atomic E-state index is 9.58. The maximum Gasteiger partial charge on any atom is 0.134 e. The second-order valence-corrected chi connectivity index (χ2v) is 4.92. The first kappa shape index (κ1) is 12.4. The number of aliphatic hydroxyl groups excluding tert-OH is 1. The van der Waals surface area contributed by atoms with Crippen LogP contribution in [0.4, 0.5) is 5.82 Å². The third kappa shape index (κ3) is 2.41. The van der Waals surface area contributed by atoms with Gasteiger partial charge in [-0.2, -0.15) is 0 Å². The number of ether oxygens (including phenoxy) is 1. The monoisotopic (exact) mass is 258 g/mol. The zero-order valence-corrected chi connectivity index (χ0v) is 11.1. The number of pyridine rings is 1. The Hall–Kier alpha value is -1.65. The summed E-state index contributed by atoms with van der Waals surface area (Å²) in [5.74, 6) is 0.891. The van der Waals surface area contributed by atoms with Gasteiger partial charge in [-0.3, -0.25) is 0 Å². The summed E-state index contributed by atoms with van der Waals surface area (Å²) < 4.78 is 5.37. The van der Waals surface area contributed by atoms with Crippen LogP contribution in [0, 0.1) is 6.92 Å². The number of morpholine rings is 1. The summed E-state index contributed by atoms with van der Waals surface area (Å²) in [6.07, 6.45) is 0. The predicted octanol–water partition coefficient (Wildman–Crippen LogP) is 1.87. The van der Waals surface area contributed by atoms with Crippen LogP contribution in [-0.4, -0.2) is 36.4 Å². The van der Waals surface area contributed by atoms with Gasteiger partial charge in [0, 0.05) is 24.0 Å². The van der Waals surface area contributed by atoms with E-state index in [1.807, 2.05) is 12.1 Å². The maximum absolute atomic E-state index is 9.58. The van der Waals surface area contributed by atoms with Crippen molar-refractivity contribution in [2.24, 2.45) is 0 Å². The van der Waals surface area contributed by atoms with Crippen molar-refractivity contribution >= 4 is 16.7 Å². The molecule has 1 aliphatic rings. The van der Waals surface area contributed by atoms with Crippen LogP contribution in [0.2, 0.25) is 0 Å². The lowest BCUT2D eigenvalue weighted by Gasteiger charge is -2.29. The molecule has 4 nitrogen and oxygen atoms in total. The lowest BCUT2D eigenvalue weighted by molar-refractivity contribution is 0.122. The van der Waals surface area contributed by atoms with E-state index in [4.69, 9.17) is 9.72 Å². The standard InChI is InChI=1S/C15H18N2O2/c1-11-2-3-14-12(8-11)9-13(10-18)15(16-14)17-4-6-19-7-5-17/h2-3,8-9,18H,4-7,10H2,1H3. The normalized spacial score (nSPS) is 16.0. The van der Waals surface area contributed by atoms with Crippen LogP contribution in [0.25, 0.3) is 10.9 Å². The summed E-state index contributed by atoms with van der Waals surface area (Å²) in [6, 6.07) is 8.25. The number of hydrogen-bond acceptors (Lipinski definition) is 4. The van der Waals surface area contributed by atoms with E-state index < -0.39 is 0 Å². The average Bonchev–Trinajstić information content (AvgIpc) is 2.46. The first-order valence-electron chi connectivity index (χ1n) is 6.62. The van der Waals surface area contributed by atoms with E-state index in [1.54, 1.807) is 0 Å². The summed E-state index contributed by atoms with van der Waals surface area (Å²) in [5.41, 5.74) is 3.07. The van der Waals surface area contributed by atoms with Crippen LogP contribution in [0.15, 0.2) is 24.3 Å². The molecule has 0 saturated carbocycles.